The number of nitrogens with zero attached hydrogens (tertiary/aromatic N) is 2. The Bertz CT molecular complexity index is 704. The Hall–Kier alpha value is -1.01. The molecule has 1 aromatic carbocycles. The largest absolute Gasteiger partial charge is 0.444 e. The van der Waals surface area contributed by atoms with Crippen LogP contribution in [0.25, 0.3) is 0 Å². The molecular formula is C21H32Cl2N2O3. The molecule has 3 rings (SSSR count). The highest BCUT2D eigenvalue weighted by Crippen LogP contribution is 2.33. The smallest absolute Gasteiger partial charge is 0.410 e. The van der Waals surface area contributed by atoms with Crippen LogP contribution in [0.2, 0.25) is 10.0 Å². The Labute approximate surface area is 178 Å². The number of amides is 1. The number of hydrogen-bond acceptors (Lipinski definition) is 4. The van der Waals surface area contributed by atoms with Crippen molar-refractivity contribution in [3.63, 3.8) is 0 Å². The minimum absolute atomic E-state index is 0.128. The van der Waals surface area contributed by atoms with Gasteiger partial charge in [-0.25, -0.2) is 4.79 Å². The van der Waals surface area contributed by atoms with Gasteiger partial charge in [-0.3, -0.25) is 4.90 Å². The van der Waals surface area contributed by atoms with Crippen molar-refractivity contribution in [2.45, 2.75) is 66.3 Å². The number of halogens is 2. The van der Waals surface area contributed by atoms with E-state index in [1.807, 2.05) is 47.6 Å². The van der Waals surface area contributed by atoms with Crippen molar-refractivity contribution in [1.29, 1.82) is 0 Å². The van der Waals surface area contributed by atoms with E-state index in [9.17, 15) is 4.79 Å². The molecule has 158 valence electrons. The Morgan fingerprint density at radius 2 is 1.93 bits per heavy atom. The number of benzene rings is 1. The van der Waals surface area contributed by atoms with Crippen molar-refractivity contribution in [2.75, 3.05) is 26.2 Å². The fourth-order valence-corrected chi connectivity index (χ4v) is 3.94. The average Bonchev–Trinajstić information content (AvgIpc) is 2.61. The van der Waals surface area contributed by atoms with Gasteiger partial charge in [-0.1, -0.05) is 37.0 Å². The van der Waals surface area contributed by atoms with Gasteiger partial charge < -0.3 is 14.4 Å². The fourth-order valence-electron chi connectivity index (χ4n) is 3.38. The van der Waals surface area contributed by atoms with Gasteiger partial charge in [0.15, 0.2) is 0 Å². The molecule has 2 aliphatic heterocycles. The monoisotopic (exact) mass is 430 g/mol. The average molecular weight is 431 g/mol. The lowest BCUT2D eigenvalue weighted by Crippen LogP contribution is -2.57. The van der Waals surface area contributed by atoms with Crippen LogP contribution in [0.3, 0.4) is 0 Å². The molecule has 2 aliphatic rings. The van der Waals surface area contributed by atoms with Crippen LogP contribution in [-0.4, -0.2) is 53.8 Å². The van der Waals surface area contributed by atoms with Crippen LogP contribution in [0.1, 0.15) is 51.3 Å². The van der Waals surface area contributed by atoms with E-state index < -0.39 is 5.60 Å². The summed E-state index contributed by atoms with van der Waals surface area (Å²) >= 11 is 12.8. The van der Waals surface area contributed by atoms with E-state index in [1.165, 1.54) is 0 Å². The van der Waals surface area contributed by atoms with Gasteiger partial charge in [0.05, 0.1) is 24.3 Å². The van der Waals surface area contributed by atoms with Crippen LogP contribution in [-0.2, 0) is 22.6 Å². The summed E-state index contributed by atoms with van der Waals surface area (Å²) in [7, 11) is 0. The second-order valence-corrected chi connectivity index (χ2v) is 8.79. The number of carbonyl (C=O) groups excluding carboxylic acids is 1. The Balaban J connectivity index is 0.00000136. The molecule has 0 aliphatic carbocycles. The summed E-state index contributed by atoms with van der Waals surface area (Å²) in [6.07, 6.45) is -0.263. The summed E-state index contributed by atoms with van der Waals surface area (Å²) in [4.78, 5) is 16.5. The first-order valence-corrected chi connectivity index (χ1v) is 10.7. The van der Waals surface area contributed by atoms with Gasteiger partial charge in [-0.2, -0.15) is 0 Å². The number of carbonyl (C=O) groups is 1. The first-order valence-electron chi connectivity index (χ1n) is 9.92. The van der Waals surface area contributed by atoms with E-state index in [2.05, 4.69) is 4.90 Å². The van der Waals surface area contributed by atoms with Crippen LogP contribution in [0, 0.1) is 6.92 Å². The zero-order valence-corrected chi connectivity index (χ0v) is 19.3. The van der Waals surface area contributed by atoms with E-state index in [1.54, 1.807) is 4.90 Å². The molecule has 1 saturated heterocycles. The normalized spacial score (nSPS) is 20.1. The second-order valence-electron chi connectivity index (χ2n) is 8.00. The van der Waals surface area contributed by atoms with Crippen molar-refractivity contribution < 1.29 is 14.3 Å². The number of hydrogen-bond donors (Lipinski definition) is 0. The predicted octanol–water partition coefficient (Wildman–Crippen LogP) is 5.28. The number of rotatable bonds is 0. The second kappa shape index (κ2) is 9.66. The maximum atomic E-state index is 12.4. The number of piperazine rings is 1. The molecule has 0 radical (unpaired) electrons. The SMILES string of the molecule is CC.Cc1c(Cl)cc2c(c1Cl)COCC1CN(C(=O)OC(C)(C)C)CCN1C2. The summed E-state index contributed by atoms with van der Waals surface area (Å²) in [5.41, 5.74) is 2.51. The highest BCUT2D eigenvalue weighted by Gasteiger charge is 2.33. The molecule has 0 N–H and O–H groups in total. The van der Waals surface area contributed by atoms with Gasteiger partial charge in [0, 0.05) is 36.8 Å². The van der Waals surface area contributed by atoms with Crippen molar-refractivity contribution in [2.24, 2.45) is 0 Å². The van der Waals surface area contributed by atoms with Crippen molar-refractivity contribution in [3.8, 4) is 0 Å². The third kappa shape index (κ3) is 5.53. The molecule has 0 aromatic heterocycles. The quantitative estimate of drug-likeness (QED) is 0.561. The van der Waals surface area contributed by atoms with Crippen LogP contribution in [0.15, 0.2) is 6.07 Å². The standard InChI is InChI=1S/C19H26Cl2N2O3.C2H6/c1-12-16(20)7-13-8-22-5-6-23(18(24)26-19(2,3)4)9-14(22)10-25-11-15(13)17(12)21;1-2/h7,14H,5-6,8-11H2,1-4H3;1-2H3. The zero-order chi connectivity index (χ0) is 21.1. The summed E-state index contributed by atoms with van der Waals surface area (Å²) in [6, 6.07) is 2.12. The molecule has 2 heterocycles. The maximum Gasteiger partial charge on any atom is 0.410 e. The van der Waals surface area contributed by atoms with E-state index in [0.29, 0.717) is 36.3 Å². The fraction of sp³-hybridized carbons (Fsp3) is 0.667. The molecule has 1 atom stereocenters. The number of fused-ring (bicyclic) bond motifs is 2. The molecule has 28 heavy (non-hydrogen) atoms. The van der Waals surface area contributed by atoms with Crippen LogP contribution < -0.4 is 0 Å². The van der Waals surface area contributed by atoms with E-state index >= 15 is 0 Å². The summed E-state index contributed by atoms with van der Waals surface area (Å²) in [6.45, 7) is 15.3. The van der Waals surface area contributed by atoms with Gasteiger partial charge in [0.25, 0.3) is 0 Å². The molecule has 0 bridgehead atoms. The lowest BCUT2D eigenvalue weighted by Gasteiger charge is -2.42. The lowest BCUT2D eigenvalue weighted by molar-refractivity contribution is -0.0234. The Kier molecular flexibility index (Phi) is 8.03. The molecule has 0 saturated carbocycles. The topological polar surface area (TPSA) is 42.0 Å². The van der Waals surface area contributed by atoms with Gasteiger partial charge in [0.2, 0.25) is 0 Å². The molecule has 7 heteroatoms. The third-order valence-electron chi connectivity index (χ3n) is 4.83. The van der Waals surface area contributed by atoms with Crippen LogP contribution >= 0.6 is 23.2 Å². The summed E-state index contributed by atoms with van der Waals surface area (Å²) in [5, 5.41) is 1.37. The number of ether oxygens (including phenoxy) is 2. The molecule has 1 unspecified atom stereocenters. The minimum atomic E-state index is -0.490. The minimum Gasteiger partial charge on any atom is -0.444 e. The highest BCUT2D eigenvalue weighted by molar-refractivity contribution is 6.36. The molecule has 5 nitrogen and oxygen atoms in total. The zero-order valence-electron chi connectivity index (χ0n) is 17.8. The molecule has 1 amide bonds. The highest BCUT2D eigenvalue weighted by atomic mass is 35.5. The van der Waals surface area contributed by atoms with Crippen LogP contribution in [0.4, 0.5) is 4.79 Å². The van der Waals surface area contributed by atoms with E-state index in [0.717, 1.165) is 29.8 Å². The Morgan fingerprint density at radius 3 is 2.57 bits per heavy atom. The van der Waals surface area contributed by atoms with Gasteiger partial charge >= 0.3 is 6.09 Å². The Morgan fingerprint density at radius 1 is 1.25 bits per heavy atom. The maximum absolute atomic E-state index is 12.4. The van der Waals surface area contributed by atoms with Crippen molar-refractivity contribution >= 4 is 29.3 Å². The predicted molar refractivity (Wildman–Crippen MR) is 114 cm³/mol. The van der Waals surface area contributed by atoms with Gasteiger partial charge in [-0.05, 0) is 44.9 Å². The van der Waals surface area contributed by atoms with Crippen LogP contribution in [0.5, 0.6) is 0 Å². The molecule has 1 aromatic rings. The van der Waals surface area contributed by atoms with Gasteiger partial charge in [-0.15, -0.1) is 0 Å². The molecule has 0 spiro atoms. The summed E-state index contributed by atoms with van der Waals surface area (Å²) in [5.74, 6) is 0. The van der Waals surface area contributed by atoms with Gasteiger partial charge in [0.1, 0.15) is 5.60 Å². The first kappa shape index (κ1) is 23.3. The van der Waals surface area contributed by atoms with Crippen molar-refractivity contribution in [3.05, 3.63) is 32.8 Å². The molecule has 1 fully saturated rings. The first-order chi connectivity index (χ1) is 13.2. The molecular weight excluding hydrogens is 399 g/mol. The summed E-state index contributed by atoms with van der Waals surface area (Å²) < 4.78 is 11.4. The van der Waals surface area contributed by atoms with E-state index in [4.69, 9.17) is 32.7 Å². The lowest BCUT2D eigenvalue weighted by atomic mass is 10.0. The van der Waals surface area contributed by atoms with E-state index in [-0.39, 0.29) is 12.1 Å². The van der Waals surface area contributed by atoms with Crippen molar-refractivity contribution in [1.82, 2.24) is 9.80 Å². The third-order valence-corrected chi connectivity index (χ3v) is 5.73.